The van der Waals surface area contributed by atoms with Gasteiger partial charge in [-0.05, 0) is 53.0 Å². The van der Waals surface area contributed by atoms with Crippen molar-refractivity contribution in [2.24, 2.45) is 5.92 Å². The zero-order valence-corrected chi connectivity index (χ0v) is 36.2. The number of hydrogen-bond acceptors (Lipinski definition) is 11. The molecule has 8 atom stereocenters. The number of esters is 2. The lowest BCUT2D eigenvalue weighted by Crippen LogP contribution is -2.68. The number of benzene rings is 5. The van der Waals surface area contributed by atoms with Gasteiger partial charge in [-0.25, -0.2) is 9.59 Å². The van der Waals surface area contributed by atoms with E-state index < -0.39 is 53.8 Å². The molecule has 5 aromatic rings. The van der Waals surface area contributed by atoms with Crippen molar-refractivity contribution in [3.05, 3.63) is 179 Å². The molecule has 1 N–H and O–H groups in total. The van der Waals surface area contributed by atoms with Crippen LogP contribution in [0.25, 0.3) is 0 Å². The molecule has 11 nitrogen and oxygen atoms in total. The van der Waals surface area contributed by atoms with Gasteiger partial charge in [0.25, 0.3) is 0 Å². The van der Waals surface area contributed by atoms with E-state index in [1.807, 2.05) is 140 Å². The summed E-state index contributed by atoms with van der Waals surface area (Å²) in [5, 5.41) is 13.1. The summed E-state index contributed by atoms with van der Waals surface area (Å²) < 4.78 is 50.9. The van der Waals surface area contributed by atoms with Crippen LogP contribution in [0.4, 0.5) is 0 Å². The Hall–Kier alpha value is -5.24. The van der Waals surface area contributed by atoms with E-state index in [0.29, 0.717) is 19.4 Å². The maximum atomic E-state index is 14.8. The topological polar surface area (TPSA) is 128 Å². The number of carbonyl (C=O) groups is 2. The van der Waals surface area contributed by atoms with Crippen LogP contribution < -0.4 is 0 Å². The summed E-state index contributed by atoms with van der Waals surface area (Å²) in [6.07, 6.45) is -2.53. The highest BCUT2D eigenvalue weighted by Gasteiger charge is 2.82. The zero-order chi connectivity index (χ0) is 44.1. The molecule has 63 heavy (non-hydrogen) atoms. The second kappa shape index (κ2) is 21.4. The normalized spacial score (nSPS) is 25.1. The largest absolute Gasteiger partial charge is 0.466 e. The van der Waals surface area contributed by atoms with E-state index >= 15 is 0 Å². The van der Waals surface area contributed by atoms with Gasteiger partial charge in [0.2, 0.25) is 11.7 Å². The molecule has 2 fully saturated rings. The summed E-state index contributed by atoms with van der Waals surface area (Å²) in [5.74, 6) is -3.62. The Morgan fingerprint density at radius 1 is 0.667 bits per heavy atom. The van der Waals surface area contributed by atoms with Crippen LogP contribution in [0, 0.1) is 5.92 Å². The minimum Gasteiger partial charge on any atom is -0.466 e. The summed E-state index contributed by atoms with van der Waals surface area (Å²) in [7, 11) is 2.64. The van der Waals surface area contributed by atoms with Crippen LogP contribution in [0.2, 0.25) is 0 Å². The van der Waals surface area contributed by atoms with Gasteiger partial charge >= 0.3 is 11.9 Å². The second-order valence-corrected chi connectivity index (χ2v) is 16.4. The summed E-state index contributed by atoms with van der Waals surface area (Å²) in [6, 6.07) is 48.7. The molecule has 0 unspecified atom stereocenters. The average Bonchev–Trinajstić information content (AvgIpc) is 3.73. The van der Waals surface area contributed by atoms with Crippen molar-refractivity contribution < 1.29 is 52.6 Å². The fourth-order valence-corrected chi connectivity index (χ4v) is 8.79. The van der Waals surface area contributed by atoms with Gasteiger partial charge in [-0.1, -0.05) is 159 Å². The number of aliphatic hydroxyl groups is 1. The highest BCUT2D eigenvalue weighted by Crippen LogP contribution is 2.55. The predicted molar refractivity (Wildman–Crippen MR) is 235 cm³/mol. The Morgan fingerprint density at radius 2 is 1.14 bits per heavy atom. The van der Waals surface area contributed by atoms with Crippen LogP contribution in [-0.4, -0.2) is 79.3 Å². The monoisotopic (exact) mass is 858 g/mol. The van der Waals surface area contributed by atoms with Gasteiger partial charge in [0, 0.05) is 13.5 Å². The first-order valence-electron chi connectivity index (χ1n) is 21.6. The van der Waals surface area contributed by atoms with Crippen molar-refractivity contribution in [2.45, 2.75) is 100 Å². The standard InChI is InChI=1S/C52H58O11/c1-38(32-39-20-9-4-10-21-39)44(59-34-41-24-13-6-14-25-41)30-19-31-51(57-3)45(60-35-42-26-15-7-16-27-42)46(61-36-43-28-17-8-18-29-43)52(63-51)49(54)62-47(48(53)56-2)50(52,55)37-58-33-40-22-11-5-12-23-40/h4-18,20-29,38,44-47,55H,19,30-37H2,1-3H3/t38-,44-,45-,46-,47-,50+,51-,52+/m1/s1. The third-order valence-corrected chi connectivity index (χ3v) is 12.1. The molecular formula is C52H58O11. The van der Waals surface area contributed by atoms with Crippen molar-refractivity contribution in [3.63, 3.8) is 0 Å². The number of rotatable bonds is 22. The second-order valence-electron chi connectivity index (χ2n) is 16.4. The van der Waals surface area contributed by atoms with Crippen molar-refractivity contribution in [1.29, 1.82) is 0 Å². The summed E-state index contributed by atoms with van der Waals surface area (Å²) in [6.45, 7) is 2.16. The summed E-state index contributed by atoms with van der Waals surface area (Å²) in [5.41, 5.74) is -0.196. The van der Waals surface area contributed by atoms with Crippen LogP contribution in [0.15, 0.2) is 152 Å². The molecule has 2 saturated heterocycles. The molecule has 2 heterocycles. The number of carbonyl (C=O) groups excluding carboxylic acids is 2. The van der Waals surface area contributed by atoms with Gasteiger partial charge in [0.1, 0.15) is 12.2 Å². The van der Waals surface area contributed by atoms with E-state index in [-0.39, 0.29) is 38.3 Å². The smallest absolute Gasteiger partial charge is 0.350 e. The Morgan fingerprint density at radius 3 is 1.65 bits per heavy atom. The quantitative estimate of drug-likeness (QED) is 0.0682. The van der Waals surface area contributed by atoms with Crippen LogP contribution in [-0.2, 0) is 80.3 Å². The zero-order valence-electron chi connectivity index (χ0n) is 36.2. The molecule has 7 rings (SSSR count). The molecule has 2 aliphatic rings. The van der Waals surface area contributed by atoms with E-state index in [9.17, 15) is 14.7 Å². The Balaban J connectivity index is 1.26. The molecule has 2 aliphatic heterocycles. The molecule has 1 spiro atoms. The Labute approximate surface area is 370 Å². The van der Waals surface area contributed by atoms with E-state index in [1.165, 1.54) is 12.7 Å². The summed E-state index contributed by atoms with van der Waals surface area (Å²) >= 11 is 0. The van der Waals surface area contributed by atoms with Crippen molar-refractivity contribution in [3.8, 4) is 0 Å². The molecule has 0 amide bonds. The molecule has 5 aromatic carbocycles. The third-order valence-electron chi connectivity index (χ3n) is 12.1. The lowest BCUT2D eigenvalue weighted by Gasteiger charge is -2.39. The first-order chi connectivity index (χ1) is 30.7. The van der Waals surface area contributed by atoms with E-state index in [1.54, 1.807) is 0 Å². The van der Waals surface area contributed by atoms with Crippen LogP contribution in [0.3, 0.4) is 0 Å². The molecule has 0 bridgehead atoms. The van der Waals surface area contributed by atoms with E-state index in [4.69, 9.17) is 37.9 Å². The highest BCUT2D eigenvalue weighted by molar-refractivity contribution is 5.93. The minimum absolute atomic E-state index is 0.00880. The SMILES string of the molecule is COC(=O)[C@H]1OC(=O)[C@]2(O[C@@](CCC[C@@H](OCc3ccccc3)[C@H](C)Cc3ccccc3)(OC)[C@H](OCc3ccccc3)[C@H]2OCc2ccccc2)[C@]1(O)COCc1ccccc1. The first-order valence-corrected chi connectivity index (χ1v) is 21.6. The molecule has 11 heteroatoms. The molecule has 0 aliphatic carbocycles. The number of ether oxygens (including phenoxy) is 8. The molecule has 0 saturated carbocycles. The Kier molecular flexibility index (Phi) is 15.6. The predicted octanol–water partition coefficient (Wildman–Crippen LogP) is 7.95. The summed E-state index contributed by atoms with van der Waals surface area (Å²) in [4.78, 5) is 28.4. The van der Waals surface area contributed by atoms with E-state index in [2.05, 4.69) is 19.1 Å². The lowest BCUT2D eigenvalue weighted by molar-refractivity contribution is -0.295. The first kappa shape index (κ1) is 45.8. The van der Waals surface area contributed by atoms with Crippen LogP contribution in [0.1, 0.15) is 54.0 Å². The highest BCUT2D eigenvalue weighted by atomic mass is 16.8. The number of cyclic esters (lactones) is 1. The van der Waals surface area contributed by atoms with Crippen LogP contribution >= 0.6 is 0 Å². The van der Waals surface area contributed by atoms with Crippen molar-refractivity contribution in [2.75, 3.05) is 20.8 Å². The van der Waals surface area contributed by atoms with Gasteiger partial charge in [0.15, 0.2) is 11.4 Å². The molecular weight excluding hydrogens is 801 g/mol. The minimum atomic E-state index is -2.49. The van der Waals surface area contributed by atoms with Crippen molar-refractivity contribution >= 4 is 11.9 Å². The van der Waals surface area contributed by atoms with Gasteiger partial charge < -0.3 is 43.0 Å². The molecule has 332 valence electrons. The van der Waals surface area contributed by atoms with Gasteiger partial charge in [0.05, 0.1) is 46.2 Å². The third kappa shape index (κ3) is 10.4. The lowest BCUT2D eigenvalue weighted by atomic mass is 9.76. The maximum Gasteiger partial charge on any atom is 0.350 e. The number of methoxy groups -OCH3 is 2. The van der Waals surface area contributed by atoms with Gasteiger partial charge in [-0.2, -0.15) is 0 Å². The molecule has 0 radical (unpaired) electrons. The Bertz CT molecular complexity index is 2160. The fraction of sp³-hybridized carbons (Fsp3) is 0.385. The van der Waals surface area contributed by atoms with Crippen molar-refractivity contribution in [1.82, 2.24) is 0 Å². The van der Waals surface area contributed by atoms with Crippen LogP contribution in [0.5, 0.6) is 0 Å². The van der Waals surface area contributed by atoms with E-state index in [0.717, 1.165) is 35.8 Å². The maximum absolute atomic E-state index is 14.8. The number of hydrogen-bond donors (Lipinski definition) is 1. The van der Waals surface area contributed by atoms with Gasteiger partial charge in [-0.15, -0.1) is 0 Å². The fourth-order valence-electron chi connectivity index (χ4n) is 8.79. The average molecular weight is 859 g/mol. The van der Waals surface area contributed by atoms with Gasteiger partial charge in [-0.3, -0.25) is 0 Å². The molecule has 0 aromatic heterocycles.